The molecule has 0 radical (unpaired) electrons. The predicted molar refractivity (Wildman–Crippen MR) is 65.6 cm³/mol. The Balaban J connectivity index is 2.08. The first kappa shape index (κ1) is 11.4. The smallest absolute Gasteiger partial charge is 0.123 e. The van der Waals surface area contributed by atoms with E-state index in [-0.39, 0.29) is 5.82 Å². The Hall–Kier alpha value is -1.68. The molecule has 1 atom stereocenters. The summed E-state index contributed by atoms with van der Waals surface area (Å²) in [6.07, 6.45) is 4.84. The lowest BCUT2D eigenvalue weighted by molar-refractivity contribution is 0.0828. The number of hydrogen-bond donors (Lipinski definition) is 1. The standard InChI is InChI=1S/C14H15FN2O/c1-2-17-9-11(8-16-17)14(18)6-5-10-7-12(15)3-4-13(10)14/h3-4,7-9,18H,2,5-6H2,1H3. The number of aryl methyl sites for hydroxylation is 2. The summed E-state index contributed by atoms with van der Waals surface area (Å²) in [6, 6.07) is 4.60. The highest BCUT2D eigenvalue weighted by Crippen LogP contribution is 2.41. The lowest BCUT2D eigenvalue weighted by Crippen LogP contribution is -2.23. The van der Waals surface area contributed by atoms with Crippen LogP contribution in [-0.2, 0) is 18.6 Å². The minimum atomic E-state index is -1.02. The van der Waals surface area contributed by atoms with E-state index in [9.17, 15) is 9.50 Å². The molecule has 1 heterocycles. The summed E-state index contributed by atoms with van der Waals surface area (Å²) in [4.78, 5) is 0. The Morgan fingerprint density at radius 2 is 2.33 bits per heavy atom. The van der Waals surface area contributed by atoms with Crippen LogP contribution in [0.1, 0.15) is 30.0 Å². The molecule has 1 aliphatic rings. The Kier molecular flexibility index (Phi) is 2.48. The van der Waals surface area contributed by atoms with Crippen LogP contribution in [0.15, 0.2) is 30.6 Å². The van der Waals surface area contributed by atoms with E-state index < -0.39 is 5.60 Å². The maximum atomic E-state index is 13.2. The van der Waals surface area contributed by atoms with Crippen molar-refractivity contribution in [3.8, 4) is 0 Å². The highest BCUT2D eigenvalue weighted by atomic mass is 19.1. The second-order valence-corrected chi connectivity index (χ2v) is 4.75. The third-order valence-corrected chi connectivity index (χ3v) is 3.70. The fourth-order valence-corrected chi connectivity index (χ4v) is 2.67. The number of hydrogen-bond acceptors (Lipinski definition) is 2. The molecule has 18 heavy (non-hydrogen) atoms. The van der Waals surface area contributed by atoms with Crippen LogP contribution >= 0.6 is 0 Å². The van der Waals surface area contributed by atoms with E-state index >= 15 is 0 Å². The van der Waals surface area contributed by atoms with Crippen molar-refractivity contribution >= 4 is 0 Å². The maximum absolute atomic E-state index is 13.2. The minimum Gasteiger partial charge on any atom is -0.380 e. The summed E-state index contributed by atoms with van der Waals surface area (Å²) in [5.41, 5.74) is 1.47. The number of aliphatic hydroxyl groups is 1. The third kappa shape index (κ3) is 1.56. The number of halogens is 1. The number of rotatable bonds is 2. The zero-order valence-electron chi connectivity index (χ0n) is 10.2. The number of nitrogens with zero attached hydrogens (tertiary/aromatic N) is 2. The summed E-state index contributed by atoms with van der Waals surface area (Å²) in [5.74, 6) is -0.248. The van der Waals surface area contributed by atoms with Crippen molar-refractivity contribution in [2.24, 2.45) is 0 Å². The van der Waals surface area contributed by atoms with E-state index in [4.69, 9.17) is 0 Å². The summed E-state index contributed by atoms with van der Waals surface area (Å²) in [7, 11) is 0. The molecule has 0 amide bonds. The zero-order valence-corrected chi connectivity index (χ0v) is 10.2. The van der Waals surface area contributed by atoms with E-state index in [0.717, 1.165) is 23.2 Å². The summed E-state index contributed by atoms with van der Waals surface area (Å²) in [6.45, 7) is 2.77. The van der Waals surface area contributed by atoms with Gasteiger partial charge in [-0.2, -0.15) is 5.10 Å². The first-order valence-corrected chi connectivity index (χ1v) is 6.17. The van der Waals surface area contributed by atoms with E-state index in [2.05, 4.69) is 5.10 Å². The topological polar surface area (TPSA) is 38.0 Å². The molecule has 0 aliphatic heterocycles. The van der Waals surface area contributed by atoms with Gasteiger partial charge in [0.15, 0.2) is 0 Å². The van der Waals surface area contributed by atoms with Gasteiger partial charge in [0.05, 0.1) is 6.20 Å². The summed E-state index contributed by atoms with van der Waals surface area (Å²) < 4.78 is 15.0. The van der Waals surface area contributed by atoms with Gasteiger partial charge in [-0.05, 0) is 43.0 Å². The van der Waals surface area contributed by atoms with Crippen LogP contribution in [0.3, 0.4) is 0 Å². The largest absolute Gasteiger partial charge is 0.380 e. The first-order valence-electron chi connectivity index (χ1n) is 6.17. The molecule has 94 valence electrons. The van der Waals surface area contributed by atoms with Gasteiger partial charge in [0, 0.05) is 18.3 Å². The second kappa shape index (κ2) is 3.92. The normalized spacial score (nSPS) is 22.2. The van der Waals surface area contributed by atoms with Crippen molar-refractivity contribution in [3.63, 3.8) is 0 Å². The van der Waals surface area contributed by atoms with E-state index in [1.54, 1.807) is 16.9 Å². The average molecular weight is 246 g/mol. The number of benzene rings is 1. The third-order valence-electron chi connectivity index (χ3n) is 3.70. The van der Waals surface area contributed by atoms with Gasteiger partial charge in [-0.1, -0.05) is 6.07 Å². The lowest BCUT2D eigenvalue weighted by atomic mass is 9.90. The van der Waals surface area contributed by atoms with Crippen LogP contribution in [0.4, 0.5) is 4.39 Å². The molecule has 3 rings (SSSR count). The molecule has 1 unspecified atom stereocenters. The van der Waals surface area contributed by atoms with Gasteiger partial charge in [0.25, 0.3) is 0 Å². The van der Waals surface area contributed by atoms with Crippen molar-refractivity contribution in [1.29, 1.82) is 0 Å². The molecule has 1 aromatic carbocycles. The zero-order chi connectivity index (χ0) is 12.8. The van der Waals surface area contributed by atoms with Crippen LogP contribution in [0, 0.1) is 5.82 Å². The molecule has 0 bridgehead atoms. The molecule has 3 nitrogen and oxygen atoms in total. The average Bonchev–Trinajstić information content (AvgIpc) is 2.95. The van der Waals surface area contributed by atoms with Crippen molar-refractivity contribution in [2.75, 3.05) is 0 Å². The van der Waals surface area contributed by atoms with Crippen molar-refractivity contribution < 1.29 is 9.50 Å². The molecular weight excluding hydrogens is 231 g/mol. The molecule has 0 saturated carbocycles. The summed E-state index contributed by atoms with van der Waals surface area (Å²) in [5, 5.41) is 15.0. The predicted octanol–water partition coefficient (Wildman–Crippen LogP) is 2.22. The lowest BCUT2D eigenvalue weighted by Gasteiger charge is -2.22. The van der Waals surface area contributed by atoms with Gasteiger partial charge in [0.1, 0.15) is 11.4 Å². The fourth-order valence-electron chi connectivity index (χ4n) is 2.67. The molecule has 0 fully saturated rings. The Morgan fingerprint density at radius 3 is 3.06 bits per heavy atom. The highest BCUT2D eigenvalue weighted by molar-refractivity contribution is 5.44. The van der Waals surface area contributed by atoms with Crippen LogP contribution < -0.4 is 0 Å². The quantitative estimate of drug-likeness (QED) is 0.882. The molecule has 2 aromatic rings. The van der Waals surface area contributed by atoms with Gasteiger partial charge in [-0.3, -0.25) is 4.68 Å². The molecule has 1 N–H and O–H groups in total. The Morgan fingerprint density at radius 1 is 1.50 bits per heavy atom. The van der Waals surface area contributed by atoms with Crippen molar-refractivity contribution in [3.05, 3.63) is 53.1 Å². The fraction of sp³-hybridized carbons (Fsp3) is 0.357. The Labute approximate surface area is 105 Å². The molecule has 1 aliphatic carbocycles. The Bertz CT molecular complexity index is 593. The van der Waals surface area contributed by atoms with E-state index in [1.165, 1.54) is 12.1 Å². The van der Waals surface area contributed by atoms with Gasteiger partial charge in [-0.15, -0.1) is 0 Å². The highest BCUT2D eigenvalue weighted by Gasteiger charge is 2.39. The molecular formula is C14H15FN2O. The van der Waals surface area contributed by atoms with Crippen molar-refractivity contribution in [1.82, 2.24) is 9.78 Å². The number of fused-ring (bicyclic) bond motifs is 1. The summed E-state index contributed by atoms with van der Waals surface area (Å²) >= 11 is 0. The molecule has 0 spiro atoms. The van der Waals surface area contributed by atoms with Crippen LogP contribution in [-0.4, -0.2) is 14.9 Å². The van der Waals surface area contributed by atoms with E-state index in [1.807, 2.05) is 13.1 Å². The van der Waals surface area contributed by atoms with Crippen LogP contribution in [0.2, 0.25) is 0 Å². The molecule has 4 heteroatoms. The minimum absolute atomic E-state index is 0.248. The second-order valence-electron chi connectivity index (χ2n) is 4.75. The van der Waals surface area contributed by atoms with Gasteiger partial charge >= 0.3 is 0 Å². The van der Waals surface area contributed by atoms with Crippen LogP contribution in [0.25, 0.3) is 0 Å². The number of aromatic nitrogens is 2. The molecule has 1 aromatic heterocycles. The molecule has 0 saturated heterocycles. The van der Waals surface area contributed by atoms with Gasteiger partial charge in [0.2, 0.25) is 0 Å². The van der Waals surface area contributed by atoms with Crippen LogP contribution in [0.5, 0.6) is 0 Å². The van der Waals surface area contributed by atoms with Crippen molar-refractivity contribution in [2.45, 2.75) is 31.9 Å². The van der Waals surface area contributed by atoms with Gasteiger partial charge in [-0.25, -0.2) is 4.39 Å². The monoisotopic (exact) mass is 246 g/mol. The first-order chi connectivity index (χ1) is 8.63. The van der Waals surface area contributed by atoms with Gasteiger partial charge < -0.3 is 5.11 Å². The SMILES string of the molecule is CCn1cc(C2(O)CCc3cc(F)ccc32)cn1. The maximum Gasteiger partial charge on any atom is 0.123 e. The van der Waals surface area contributed by atoms with E-state index in [0.29, 0.717) is 12.8 Å².